The number of ether oxygens (including phenoxy) is 4. The summed E-state index contributed by atoms with van der Waals surface area (Å²) in [6.07, 6.45) is 1.76. The summed E-state index contributed by atoms with van der Waals surface area (Å²) in [5, 5.41) is 5.92. The number of carbonyl (C=O) groups excluding carboxylic acids is 2. The fraction of sp³-hybridized carbons (Fsp3) is 0.440. The lowest BCUT2D eigenvalue weighted by molar-refractivity contribution is 0.0149. The summed E-state index contributed by atoms with van der Waals surface area (Å²) in [5.41, 5.74) is 2.43. The van der Waals surface area contributed by atoms with Crippen LogP contribution in [0.4, 0.5) is 10.5 Å². The summed E-state index contributed by atoms with van der Waals surface area (Å²) in [6.45, 7) is 5.19. The van der Waals surface area contributed by atoms with Crippen LogP contribution in [-0.2, 0) is 25.6 Å². The van der Waals surface area contributed by atoms with Gasteiger partial charge in [-0.05, 0) is 36.2 Å². The molecule has 1 amide bonds. The quantitative estimate of drug-likeness (QED) is 0.290. The minimum absolute atomic E-state index is 0.171. The Kier molecular flexibility index (Phi) is 13.1. The first-order valence-corrected chi connectivity index (χ1v) is 11.3. The van der Waals surface area contributed by atoms with Crippen molar-refractivity contribution >= 4 is 17.7 Å². The van der Waals surface area contributed by atoms with Crippen molar-refractivity contribution in [1.29, 1.82) is 0 Å². The first-order valence-electron chi connectivity index (χ1n) is 11.3. The van der Waals surface area contributed by atoms with E-state index < -0.39 is 6.09 Å². The molecule has 8 heteroatoms. The number of amides is 1. The highest BCUT2D eigenvalue weighted by Crippen LogP contribution is 2.10. The van der Waals surface area contributed by atoms with Crippen LogP contribution in [0.2, 0.25) is 0 Å². The van der Waals surface area contributed by atoms with E-state index in [9.17, 15) is 9.59 Å². The highest BCUT2D eigenvalue weighted by Gasteiger charge is 2.07. The minimum Gasteiger partial charge on any atom is -0.460 e. The molecule has 2 rings (SSSR count). The van der Waals surface area contributed by atoms with E-state index in [1.807, 2.05) is 42.5 Å². The maximum atomic E-state index is 12.0. The van der Waals surface area contributed by atoms with Crippen LogP contribution in [0.1, 0.15) is 35.7 Å². The van der Waals surface area contributed by atoms with Crippen LogP contribution in [0.3, 0.4) is 0 Å². The number of anilines is 1. The molecule has 0 unspecified atom stereocenters. The van der Waals surface area contributed by atoms with Crippen LogP contribution in [0.5, 0.6) is 0 Å². The Morgan fingerprint density at radius 1 is 0.788 bits per heavy atom. The average molecular weight is 459 g/mol. The molecule has 0 aliphatic rings. The molecular formula is C25H34N2O6. The third-order valence-electron chi connectivity index (χ3n) is 4.54. The molecule has 2 aromatic carbocycles. The topological polar surface area (TPSA) is 95.1 Å². The van der Waals surface area contributed by atoms with Gasteiger partial charge in [0.25, 0.3) is 0 Å². The standard InChI is InChI=1S/C25H34N2O6/c1-2-3-13-26-23-11-9-22(10-12-23)24(28)32-19-18-31-17-16-30-15-14-27-25(29)33-20-21-7-5-4-6-8-21/h4-12,26H,2-3,13-20H2,1H3,(H,27,29). The summed E-state index contributed by atoms with van der Waals surface area (Å²) >= 11 is 0. The van der Waals surface area contributed by atoms with Crippen molar-refractivity contribution in [2.75, 3.05) is 51.4 Å². The Hall–Kier alpha value is -3.10. The molecule has 2 aromatic rings. The van der Waals surface area contributed by atoms with E-state index in [2.05, 4.69) is 17.6 Å². The van der Waals surface area contributed by atoms with E-state index in [0.717, 1.165) is 30.6 Å². The van der Waals surface area contributed by atoms with Crippen molar-refractivity contribution in [3.63, 3.8) is 0 Å². The number of hydrogen-bond acceptors (Lipinski definition) is 7. The van der Waals surface area contributed by atoms with Crippen LogP contribution in [0.25, 0.3) is 0 Å². The average Bonchev–Trinajstić information content (AvgIpc) is 2.85. The molecule has 8 nitrogen and oxygen atoms in total. The molecule has 0 saturated carbocycles. The van der Waals surface area contributed by atoms with Crippen molar-refractivity contribution in [1.82, 2.24) is 5.32 Å². The molecule has 0 aliphatic heterocycles. The zero-order chi connectivity index (χ0) is 23.6. The lowest BCUT2D eigenvalue weighted by atomic mass is 10.2. The number of rotatable bonds is 16. The molecular weight excluding hydrogens is 424 g/mol. The van der Waals surface area contributed by atoms with Gasteiger partial charge in [-0.25, -0.2) is 9.59 Å². The molecule has 180 valence electrons. The normalized spacial score (nSPS) is 10.5. The van der Waals surface area contributed by atoms with E-state index in [-0.39, 0.29) is 25.8 Å². The van der Waals surface area contributed by atoms with E-state index in [1.165, 1.54) is 0 Å². The maximum Gasteiger partial charge on any atom is 0.407 e. The number of carbonyl (C=O) groups is 2. The van der Waals surface area contributed by atoms with Gasteiger partial charge in [-0.2, -0.15) is 0 Å². The smallest absolute Gasteiger partial charge is 0.407 e. The summed E-state index contributed by atoms with van der Waals surface area (Å²) in [7, 11) is 0. The van der Waals surface area contributed by atoms with Crippen molar-refractivity contribution in [2.24, 2.45) is 0 Å². The van der Waals surface area contributed by atoms with Gasteiger partial charge in [0, 0.05) is 18.8 Å². The Morgan fingerprint density at radius 2 is 1.48 bits per heavy atom. The van der Waals surface area contributed by atoms with Crippen molar-refractivity contribution in [2.45, 2.75) is 26.4 Å². The first-order chi connectivity index (χ1) is 16.2. The number of nitrogens with one attached hydrogen (secondary N) is 2. The predicted octanol–water partition coefficient (Wildman–Crippen LogP) is 4.02. The zero-order valence-electron chi connectivity index (χ0n) is 19.2. The molecule has 0 bridgehead atoms. The van der Waals surface area contributed by atoms with Crippen molar-refractivity contribution in [3.05, 3.63) is 65.7 Å². The number of benzene rings is 2. The monoisotopic (exact) mass is 458 g/mol. The van der Waals surface area contributed by atoms with E-state index >= 15 is 0 Å². The number of hydrogen-bond donors (Lipinski definition) is 2. The van der Waals surface area contributed by atoms with Gasteiger partial charge in [-0.1, -0.05) is 43.7 Å². The van der Waals surface area contributed by atoms with Gasteiger partial charge in [0.05, 0.1) is 32.0 Å². The molecule has 0 aliphatic carbocycles. The fourth-order valence-electron chi connectivity index (χ4n) is 2.73. The second kappa shape index (κ2) is 16.5. The van der Waals surface area contributed by atoms with Crippen LogP contribution in [-0.4, -0.2) is 58.2 Å². The third kappa shape index (κ3) is 11.9. The molecule has 0 saturated heterocycles. The maximum absolute atomic E-state index is 12.0. The van der Waals surface area contributed by atoms with Gasteiger partial charge in [0.1, 0.15) is 13.2 Å². The fourth-order valence-corrected chi connectivity index (χ4v) is 2.73. The lowest BCUT2D eigenvalue weighted by Gasteiger charge is -2.09. The van der Waals surface area contributed by atoms with Gasteiger partial charge in [-0.3, -0.25) is 0 Å². The summed E-state index contributed by atoms with van der Waals surface area (Å²) in [4.78, 5) is 23.6. The molecule has 0 spiro atoms. The third-order valence-corrected chi connectivity index (χ3v) is 4.54. The summed E-state index contributed by atoms with van der Waals surface area (Å²) < 4.78 is 21.1. The molecule has 0 fully saturated rings. The molecule has 2 N–H and O–H groups in total. The molecule has 0 heterocycles. The summed E-state index contributed by atoms with van der Waals surface area (Å²) in [6, 6.07) is 16.7. The Labute approximate surface area is 195 Å². The Morgan fingerprint density at radius 3 is 2.21 bits per heavy atom. The molecule has 33 heavy (non-hydrogen) atoms. The molecule has 0 radical (unpaired) electrons. The van der Waals surface area contributed by atoms with Gasteiger partial charge >= 0.3 is 12.1 Å². The highest BCUT2D eigenvalue weighted by atomic mass is 16.6. The lowest BCUT2D eigenvalue weighted by Crippen LogP contribution is -2.28. The summed E-state index contributed by atoms with van der Waals surface area (Å²) in [5.74, 6) is -0.375. The van der Waals surface area contributed by atoms with Crippen molar-refractivity contribution in [3.8, 4) is 0 Å². The van der Waals surface area contributed by atoms with Crippen LogP contribution >= 0.6 is 0 Å². The predicted molar refractivity (Wildman–Crippen MR) is 126 cm³/mol. The van der Waals surface area contributed by atoms with E-state index in [0.29, 0.717) is 31.9 Å². The second-order valence-corrected chi connectivity index (χ2v) is 7.21. The van der Waals surface area contributed by atoms with Gasteiger partial charge in [0.2, 0.25) is 0 Å². The Bertz CT molecular complexity index is 798. The van der Waals surface area contributed by atoms with Crippen LogP contribution in [0, 0.1) is 0 Å². The zero-order valence-corrected chi connectivity index (χ0v) is 19.2. The van der Waals surface area contributed by atoms with E-state index in [4.69, 9.17) is 18.9 Å². The van der Waals surface area contributed by atoms with Gasteiger partial charge < -0.3 is 29.6 Å². The van der Waals surface area contributed by atoms with E-state index in [1.54, 1.807) is 12.1 Å². The number of unbranched alkanes of at least 4 members (excludes halogenated alkanes) is 1. The largest absolute Gasteiger partial charge is 0.460 e. The number of esters is 1. The SMILES string of the molecule is CCCCNc1ccc(C(=O)OCCOCCOCCNC(=O)OCc2ccccc2)cc1. The minimum atomic E-state index is -0.483. The Balaban J connectivity index is 1.41. The van der Waals surface area contributed by atoms with Gasteiger partial charge in [0.15, 0.2) is 0 Å². The first kappa shape index (κ1) is 26.2. The van der Waals surface area contributed by atoms with Crippen LogP contribution in [0.15, 0.2) is 54.6 Å². The van der Waals surface area contributed by atoms with Gasteiger partial charge in [-0.15, -0.1) is 0 Å². The van der Waals surface area contributed by atoms with Crippen molar-refractivity contribution < 1.29 is 28.5 Å². The highest BCUT2D eigenvalue weighted by molar-refractivity contribution is 5.89. The number of alkyl carbamates (subject to hydrolysis) is 1. The van der Waals surface area contributed by atoms with Crippen LogP contribution < -0.4 is 10.6 Å². The second-order valence-electron chi connectivity index (χ2n) is 7.21. The molecule has 0 aromatic heterocycles. The molecule has 0 atom stereocenters.